The lowest BCUT2D eigenvalue weighted by molar-refractivity contribution is -0.112. The fourth-order valence-electron chi connectivity index (χ4n) is 2.59. The Morgan fingerprint density at radius 1 is 1.20 bits per heavy atom. The molecule has 128 valence electrons. The fourth-order valence-corrected chi connectivity index (χ4v) is 2.89. The largest absolute Gasteiger partial charge is 0.441 e. The van der Waals surface area contributed by atoms with Gasteiger partial charge in [0.25, 0.3) is 5.91 Å². The van der Waals surface area contributed by atoms with Gasteiger partial charge in [0.2, 0.25) is 0 Å². The van der Waals surface area contributed by atoms with Gasteiger partial charge >= 0.3 is 0 Å². The van der Waals surface area contributed by atoms with Crippen LogP contribution in [-0.2, 0) is 4.79 Å². The summed E-state index contributed by atoms with van der Waals surface area (Å²) in [7, 11) is 0. The van der Waals surface area contributed by atoms with Crippen molar-refractivity contribution in [2.45, 2.75) is 12.8 Å². The summed E-state index contributed by atoms with van der Waals surface area (Å²) in [5.41, 5.74) is 0.395. The van der Waals surface area contributed by atoms with Crippen molar-refractivity contribution in [1.82, 2.24) is 0 Å². The van der Waals surface area contributed by atoms with Crippen molar-refractivity contribution in [3.8, 4) is 6.07 Å². The van der Waals surface area contributed by atoms with Gasteiger partial charge in [0.05, 0.1) is 10.0 Å². The second-order valence-electron chi connectivity index (χ2n) is 5.62. The van der Waals surface area contributed by atoms with Crippen LogP contribution in [0.1, 0.15) is 18.6 Å². The minimum atomic E-state index is -0.542. The molecule has 1 amide bonds. The number of anilines is 2. The number of nitriles is 1. The quantitative estimate of drug-likeness (QED) is 0.619. The van der Waals surface area contributed by atoms with E-state index in [1.54, 1.807) is 18.2 Å². The summed E-state index contributed by atoms with van der Waals surface area (Å²) >= 11 is 11.8. The molecule has 0 bridgehead atoms. The summed E-state index contributed by atoms with van der Waals surface area (Å²) in [6.07, 6.45) is 3.70. The van der Waals surface area contributed by atoms with Gasteiger partial charge < -0.3 is 14.6 Å². The molecule has 0 unspecified atom stereocenters. The molecule has 5 nitrogen and oxygen atoms in total. The minimum Gasteiger partial charge on any atom is -0.441 e. The Morgan fingerprint density at radius 2 is 1.96 bits per heavy atom. The van der Waals surface area contributed by atoms with Crippen molar-refractivity contribution < 1.29 is 9.21 Å². The highest BCUT2D eigenvalue weighted by Gasteiger charge is 2.16. The van der Waals surface area contributed by atoms with Crippen molar-refractivity contribution in [2.24, 2.45) is 0 Å². The molecule has 2 heterocycles. The molecule has 2 aromatic rings. The molecule has 7 heteroatoms. The van der Waals surface area contributed by atoms with Gasteiger partial charge in [-0.3, -0.25) is 4.79 Å². The summed E-state index contributed by atoms with van der Waals surface area (Å²) in [5.74, 6) is 0.675. The number of halogens is 2. The van der Waals surface area contributed by atoms with Crippen molar-refractivity contribution in [3.05, 3.63) is 51.7 Å². The number of furan rings is 1. The predicted molar refractivity (Wildman–Crippen MR) is 98.8 cm³/mol. The van der Waals surface area contributed by atoms with E-state index >= 15 is 0 Å². The number of amides is 1. The molecule has 1 aromatic carbocycles. The number of hydrogen-bond acceptors (Lipinski definition) is 4. The first-order chi connectivity index (χ1) is 12.1. The van der Waals surface area contributed by atoms with Crippen LogP contribution in [0.4, 0.5) is 11.6 Å². The fraction of sp³-hybridized carbons (Fsp3) is 0.222. The summed E-state index contributed by atoms with van der Waals surface area (Å²) in [4.78, 5) is 14.4. The van der Waals surface area contributed by atoms with Crippen LogP contribution in [0.3, 0.4) is 0 Å². The molecule has 0 atom stereocenters. The summed E-state index contributed by atoms with van der Waals surface area (Å²) in [6, 6.07) is 10.2. The van der Waals surface area contributed by atoms with Crippen LogP contribution in [0, 0.1) is 11.3 Å². The molecule has 25 heavy (non-hydrogen) atoms. The number of benzene rings is 1. The molecule has 1 N–H and O–H groups in total. The smallest absolute Gasteiger partial charge is 0.266 e. The van der Waals surface area contributed by atoms with Gasteiger partial charge in [-0.2, -0.15) is 5.26 Å². The van der Waals surface area contributed by atoms with Crippen molar-refractivity contribution >= 4 is 46.8 Å². The molecule has 1 saturated heterocycles. The molecule has 1 fully saturated rings. The van der Waals surface area contributed by atoms with E-state index in [1.165, 1.54) is 12.1 Å². The Labute approximate surface area is 155 Å². The van der Waals surface area contributed by atoms with Crippen LogP contribution in [0.5, 0.6) is 0 Å². The summed E-state index contributed by atoms with van der Waals surface area (Å²) < 4.78 is 5.71. The summed E-state index contributed by atoms with van der Waals surface area (Å²) in [6.45, 7) is 1.92. The van der Waals surface area contributed by atoms with E-state index in [-0.39, 0.29) is 5.57 Å². The first-order valence-corrected chi connectivity index (χ1v) is 8.55. The van der Waals surface area contributed by atoms with Gasteiger partial charge in [-0.1, -0.05) is 23.2 Å². The molecule has 0 radical (unpaired) electrons. The van der Waals surface area contributed by atoms with Gasteiger partial charge in [0, 0.05) is 30.9 Å². The average molecular weight is 376 g/mol. The number of nitrogens with one attached hydrogen (secondary N) is 1. The van der Waals surface area contributed by atoms with Crippen LogP contribution in [0.25, 0.3) is 6.08 Å². The Kier molecular flexibility index (Phi) is 5.32. The second kappa shape index (κ2) is 7.64. The molecule has 3 rings (SSSR count). The summed E-state index contributed by atoms with van der Waals surface area (Å²) in [5, 5.41) is 12.6. The minimum absolute atomic E-state index is 0.0617. The predicted octanol–water partition coefficient (Wildman–Crippen LogP) is 4.73. The normalized spacial score (nSPS) is 14.4. The van der Waals surface area contributed by atoms with Crippen molar-refractivity contribution in [2.75, 3.05) is 23.3 Å². The molecular weight excluding hydrogens is 361 g/mol. The Hall–Kier alpha value is -2.42. The van der Waals surface area contributed by atoms with E-state index in [4.69, 9.17) is 27.6 Å². The first kappa shape index (κ1) is 17.4. The molecule has 0 spiro atoms. The highest BCUT2D eigenvalue weighted by Crippen LogP contribution is 2.26. The standard InChI is InChI=1S/C18H15Cl2N3O2/c19-15-5-3-13(10-16(15)20)22-18(24)12(11-21)9-14-4-6-17(25-14)23-7-1-2-8-23/h3-6,9-10H,1-2,7-8H2,(H,22,24)/b12-9-. The van der Waals surface area contributed by atoms with Crippen LogP contribution in [-0.4, -0.2) is 19.0 Å². The number of hydrogen-bond donors (Lipinski definition) is 1. The van der Waals surface area contributed by atoms with Crippen molar-refractivity contribution in [3.63, 3.8) is 0 Å². The van der Waals surface area contributed by atoms with E-state index in [0.29, 0.717) is 21.5 Å². The maximum Gasteiger partial charge on any atom is 0.266 e. The van der Waals surface area contributed by atoms with Gasteiger partial charge in [-0.15, -0.1) is 0 Å². The van der Waals surface area contributed by atoms with Gasteiger partial charge in [0.1, 0.15) is 17.4 Å². The lowest BCUT2D eigenvalue weighted by atomic mass is 10.2. The molecule has 0 aliphatic carbocycles. The average Bonchev–Trinajstić information content (AvgIpc) is 3.27. The monoisotopic (exact) mass is 375 g/mol. The van der Waals surface area contributed by atoms with Crippen LogP contribution in [0.15, 0.2) is 40.3 Å². The van der Waals surface area contributed by atoms with Crippen LogP contribution >= 0.6 is 23.2 Å². The van der Waals surface area contributed by atoms with E-state index in [2.05, 4.69) is 10.2 Å². The Balaban J connectivity index is 1.74. The lowest BCUT2D eigenvalue weighted by Crippen LogP contribution is -2.16. The van der Waals surface area contributed by atoms with E-state index in [1.807, 2.05) is 12.1 Å². The zero-order valence-electron chi connectivity index (χ0n) is 13.3. The number of carbonyl (C=O) groups is 1. The Morgan fingerprint density at radius 3 is 2.64 bits per heavy atom. The molecular formula is C18H15Cl2N3O2. The first-order valence-electron chi connectivity index (χ1n) is 7.80. The molecule has 1 aliphatic rings. The highest BCUT2D eigenvalue weighted by atomic mass is 35.5. The number of nitrogens with zero attached hydrogens (tertiary/aromatic N) is 2. The third-order valence-corrected chi connectivity index (χ3v) is 4.60. The van der Waals surface area contributed by atoms with Gasteiger partial charge in [0.15, 0.2) is 5.88 Å². The van der Waals surface area contributed by atoms with Gasteiger partial charge in [-0.25, -0.2) is 0 Å². The number of carbonyl (C=O) groups excluding carboxylic acids is 1. The maximum atomic E-state index is 12.3. The lowest BCUT2D eigenvalue weighted by Gasteiger charge is -2.12. The van der Waals surface area contributed by atoms with Crippen LogP contribution in [0.2, 0.25) is 10.0 Å². The topological polar surface area (TPSA) is 69.3 Å². The van der Waals surface area contributed by atoms with Gasteiger partial charge in [-0.05, 0) is 37.1 Å². The maximum absolute atomic E-state index is 12.3. The zero-order valence-corrected chi connectivity index (χ0v) is 14.8. The molecule has 0 saturated carbocycles. The zero-order chi connectivity index (χ0) is 17.8. The third kappa shape index (κ3) is 4.16. The van der Waals surface area contributed by atoms with E-state index in [0.717, 1.165) is 31.8 Å². The molecule has 1 aromatic heterocycles. The number of rotatable bonds is 4. The Bertz CT molecular complexity index is 861. The second-order valence-corrected chi connectivity index (χ2v) is 6.44. The SMILES string of the molecule is N#C/C(=C/c1ccc(N2CCCC2)o1)C(=O)Nc1ccc(Cl)c(Cl)c1. The van der Waals surface area contributed by atoms with E-state index < -0.39 is 5.91 Å². The van der Waals surface area contributed by atoms with E-state index in [9.17, 15) is 10.1 Å². The molecule has 1 aliphatic heterocycles. The van der Waals surface area contributed by atoms with Crippen LogP contribution < -0.4 is 10.2 Å². The highest BCUT2D eigenvalue weighted by molar-refractivity contribution is 6.42. The van der Waals surface area contributed by atoms with Crippen molar-refractivity contribution in [1.29, 1.82) is 5.26 Å². The third-order valence-electron chi connectivity index (χ3n) is 3.86.